The molecule has 0 atom stereocenters. The highest BCUT2D eigenvalue weighted by molar-refractivity contribution is 6.30. The topological polar surface area (TPSA) is 24.9 Å². The van der Waals surface area contributed by atoms with Gasteiger partial charge in [0.05, 0.1) is 10.7 Å². The number of hydrogen-bond acceptors (Lipinski definition) is 2. The molecule has 0 unspecified atom stereocenters. The maximum absolute atomic E-state index is 5.75. The van der Waals surface area contributed by atoms with Gasteiger partial charge in [-0.2, -0.15) is 0 Å². The van der Waals surface area contributed by atoms with Crippen LogP contribution in [-0.4, -0.2) is 11.0 Å². The minimum atomic E-state index is 0.590. The molecule has 0 fully saturated rings. The lowest BCUT2D eigenvalue weighted by molar-refractivity contribution is 0.480. The van der Waals surface area contributed by atoms with Crippen molar-refractivity contribution in [2.24, 2.45) is 0 Å². The molecular formula is C11H17ClN2. The molecule has 78 valence electrons. The molecule has 0 aromatic carbocycles. The lowest BCUT2D eigenvalue weighted by Gasteiger charge is -2.13. The Morgan fingerprint density at radius 3 is 2.57 bits per heavy atom. The number of aromatic nitrogens is 1. The van der Waals surface area contributed by atoms with Crippen LogP contribution in [0.25, 0.3) is 0 Å². The zero-order chi connectivity index (χ0) is 10.4. The Balaban J connectivity index is 2.41. The molecule has 0 amide bonds. The van der Waals surface area contributed by atoms with Crippen molar-refractivity contribution in [3.8, 4) is 0 Å². The zero-order valence-corrected chi connectivity index (χ0v) is 9.51. The van der Waals surface area contributed by atoms with Crippen LogP contribution in [0.3, 0.4) is 0 Å². The highest BCUT2D eigenvalue weighted by Gasteiger charge is 2.02. The van der Waals surface area contributed by atoms with Crippen LogP contribution in [0, 0.1) is 0 Å². The average molecular weight is 213 g/mol. The van der Waals surface area contributed by atoms with Gasteiger partial charge in [-0.15, -0.1) is 0 Å². The number of pyridine rings is 1. The number of rotatable bonds is 5. The molecule has 1 heterocycles. The summed E-state index contributed by atoms with van der Waals surface area (Å²) in [6.45, 7) is 5.20. The third-order valence-corrected chi connectivity index (χ3v) is 2.57. The molecule has 14 heavy (non-hydrogen) atoms. The number of hydrogen-bond donors (Lipinski definition) is 1. The first kappa shape index (κ1) is 11.5. The molecule has 0 aliphatic carbocycles. The Labute approximate surface area is 90.7 Å². The molecule has 0 radical (unpaired) electrons. The first-order valence-electron chi connectivity index (χ1n) is 5.10. The second kappa shape index (κ2) is 5.99. The van der Waals surface area contributed by atoms with Gasteiger partial charge in [0, 0.05) is 18.8 Å². The summed E-state index contributed by atoms with van der Waals surface area (Å²) in [4.78, 5) is 4.22. The Kier molecular flexibility index (Phi) is 4.91. The first-order valence-corrected chi connectivity index (χ1v) is 5.47. The van der Waals surface area contributed by atoms with Gasteiger partial charge in [0.2, 0.25) is 0 Å². The zero-order valence-electron chi connectivity index (χ0n) is 8.76. The Hall–Kier alpha value is -0.600. The molecule has 0 aliphatic heterocycles. The van der Waals surface area contributed by atoms with Gasteiger partial charge < -0.3 is 5.32 Å². The first-order chi connectivity index (χ1) is 6.76. The second-order valence-electron chi connectivity index (χ2n) is 3.36. The van der Waals surface area contributed by atoms with Gasteiger partial charge in [0.1, 0.15) is 0 Å². The maximum atomic E-state index is 5.75. The average Bonchev–Trinajstić information content (AvgIpc) is 2.22. The SMILES string of the molecule is CCC(CC)NCc1ccc(Cl)cn1. The smallest absolute Gasteiger partial charge is 0.0589 e. The van der Waals surface area contributed by atoms with Crippen molar-refractivity contribution in [3.63, 3.8) is 0 Å². The highest BCUT2D eigenvalue weighted by atomic mass is 35.5. The molecule has 1 aromatic rings. The summed E-state index contributed by atoms with van der Waals surface area (Å²) < 4.78 is 0. The lowest BCUT2D eigenvalue weighted by Crippen LogP contribution is -2.27. The van der Waals surface area contributed by atoms with Crippen LogP contribution in [0.2, 0.25) is 5.02 Å². The molecule has 1 rings (SSSR count). The van der Waals surface area contributed by atoms with E-state index in [-0.39, 0.29) is 0 Å². The van der Waals surface area contributed by atoms with E-state index < -0.39 is 0 Å². The van der Waals surface area contributed by atoms with E-state index in [1.54, 1.807) is 6.20 Å². The second-order valence-corrected chi connectivity index (χ2v) is 3.80. The van der Waals surface area contributed by atoms with E-state index in [1.165, 1.54) is 0 Å². The van der Waals surface area contributed by atoms with Crippen molar-refractivity contribution in [2.45, 2.75) is 39.3 Å². The molecule has 0 bridgehead atoms. The predicted molar refractivity (Wildman–Crippen MR) is 60.5 cm³/mol. The van der Waals surface area contributed by atoms with E-state index in [2.05, 4.69) is 24.1 Å². The fourth-order valence-electron chi connectivity index (χ4n) is 1.34. The maximum Gasteiger partial charge on any atom is 0.0589 e. The summed E-state index contributed by atoms with van der Waals surface area (Å²) >= 11 is 5.75. The van der Waals surface area contributed by atoms with Crippen molar-refractivity contribution < 1.29 is 0 Å². The fraction of sp³-hybridized carbons (Fsp3) is 0.545. The van der Waals surface area contributed by atoms with E-state index in [4.69, 9.17) is 11.6 Å². The van der Waals surface area contributed by atoms with Crippen LogP contribution < -0.4 is 5.32 Å². The molecule has 1 N–H and O–H groups in total. The van der Waals surface area contributed by atoms with Crippen LogP contribution in [0.4, 0.5) is 0 Å². The minimum absolute atomic E-state index is 0.590. The van der Waals surface area contributed by atoms with E-state index in [1.807, 2.05) is 12.1 Å². The van der Waals surface area contributed by atoms with Crippen LogP contribution in [-0.2, 0) is 6.54 Å². The predicted octanol–water partition coefficient (Wildman–Crippen LogP) is 3.01. The van der Waals surface area contributed by atoms with Crippen molar-refractivity contribution in [3.05, 3.63) is 29.0 Å². The summed E-state index contributed by atoms with van der Waals surface area (Å²) in [5.74, 6) is 0. The quantitative estimate of drug-likeness (QED) is 0.812. The fourth-order valence-corrected chi connectivity index (χ4v) is 1.45. The van der Waals surface area contributed by atoms with Crippen LogP contribution >= 0.6 is 11.6 Å². The van der Waals surface area contributed by atoms with Crippen molar-refractivity contribution >= 4 is 11.6 Å². The summed E-state index contributed by atoms with van der Waals surface area (Å²) in [5.41, 5.74) is 1.04. The summed E-state index contributed by atoms with van der Waals surface area (Å²) in [7, 11) is 0. The number of nitrogens with zero attached hydrogens (tertiary/aromatic N) is 1. The third kappa shape index (κ3) is 3.64. The Bertz CT molecular complexity index is 254. The van der Waals surface area contributed by atoms with Gasteiger partial charge in [-0.3, -0.25) is 4.98 Å². The van der Waals surface area contributed by atoms with Gasteiger partial charge in [0.25, 0.3) is 0 Å². The molecule has 0 aliphatic rings. The summed E-state index contributed by atoms with van der Waals surface area (Å²) in [5, 5.41) is 4.14. The molecule has 0 spiro atoms. The van der Waals surface area contributed by atoms with Crippen LogP contribution in [0.1, 0.15) is 32.4 Å². The van der Waals surface area contributed by atoms with Gasteiger partial charge in [0.15, 0.2) is 0 Å². The van der Waals surface area contributed by atoms with E-state index in [0.29, 0.717) is 11.1 Å². The molecule has 1 aromatic heterocycles. The lowest BCUT2D eigenvalue weighted by atomic mass is 10.2. The standard InChI is InChI=1S/C11H17ClN2/c1-3-10(4-2)14-8-11-6-5-9(12)7-13-11/h5-7,10,14H,3-4,8H2,1-2H3. The number of nitrogens with one attached hydrogen (secondary N) is 1. The molecule has 0 saturated carbocycles. The van der Waals surface area contributed by atoms with Gasteiger partial charge in [-0.05, 0) is 25.0 Å². The van der Waals surface area contributed by atoms with Crippen molar-refractivity contribution in [1.82, 2.24) is 10.3 Å². The van der Waals surface area contributed by atoms with Gasteiger partial charge in [-0.25, -0.2) is 0 Å². The van der Waals surface area contributed by atoms with Crippen LogP contribution in [0.5, 0.6) is 0 Å². The molecule has 3 heteroatoms. The minimum Gasteiger partial charge on any atom is -0.308 e. The Morgan fingerprint density at radius 2 is 2.07 bits per heavy atom. The number of halogens is 1. The van der Waals surface area contributed by atoms with E-state index >= 15 is 0 Å². The molecular weight excluding hydrogens is 196 g/mol. The molecule has 0 saturated heterocycles. The van der Waals surface area contributed by atoms with Crippen molar-refractivity contribution in [2.75, 3.05) is 0 Å². The summed E-state index contributed by atoms with van der Waals surface area (Å²) in [6.07, 6.45) is 4.00. The normalized spacial score (nSPS) is 10.9. The van der Waals surface area contributed by atoms with Gasteiger partial charge >= 0.3 is 0 Å². The van der Waals surface area contributed by atoms with E-state index in [0.717, 1.165) is 25.1 Å². The van der Waals surface area contributed by atoms with Crippen LogP contribution in [0.15, 0.2) is 18.3 Å². The highest BCUT2D eigenvalue weighted by Crippen LogP contribution is 2.06. The monoisotopic (exact) mass is 212 g/mol. The Morgan fingerprint density at radius 1 is 1.36 bits per heavy atom. The largest absolute Gasteiger partial charge is 0.308 e. The third-order valence-electron chi connectivity index (χ3n) is 2.35. The molecule has 2 nitrogen and oxygen atoms in total. The van der Waals surface area contributed by atoms with E-state index in [9.17, 15) is 0 Å². The summed E-state index contributed by atoms with van der Waals surface area (Å²) in [6, 6.07) is 4.42. The van der Waals surface area contributed by atoms with Crippen molar-refractivity contribution in [1.29, 1.82) is 0 Å². The van der Waals surface area contributed by atoms with Gasteiger partial charge in [-0.1, -0.05) is 25.4 Å².